The van der Waals surface area contributed by atoms with E-state index in [2.05, 4.69) is 26.5 Å². The molecule has 11 nitrogen and oxygen atoms in total. The first kappa shape index (κ1) is 31.1. The number of ether oxygens (including phenoxy) is 1. The molecule has 14 heteroatoms. The van der Waals surface area contributed by atoms with Gasteiger partial charge in [-0.2, -0.15) is 0 Å². The van der Waals surface area contributed by atoms with Crippen LogP contribution in [0.5, 0.6) is 5.88 Å². The number of hydrogen-bond donors (Lipinski definition) is 3. The molecular formula is C28H34F2N6O5S. The Labute approximate surface area is 242 Å². The van der Waals surface area contributed by atoms with Gasteiger partial charge in [0.05, 0.1) is 30.3 Å². The van der Waals surface area contributed by atoms with Crippen LogP contribution in [-0.2, 0) is 16.6 Å². The van der Waals surface area contributed by atoms with Crippen LogP contribution in [0.4, 0.5) is 14.7 Å². The molecule has 4 N–H and O–H groups in total. The number of benzene rings is 1. The number of aliphatic hydroxyl groups is 1. The Morgan fingerprint density at radius 2 is 2.00 bits per heavy atom. The summed E-state index contributed by atoms with van der Waals surface area (Å²) in [5, 5.41) is 9.56. The van der Waals surface area contributed by atoms with Gasteiger partial charge >= 0.3 is 0 Å². The number of alkyl halides is 1. The molecule has 0 saturated heterocycles. The van der Waals surface area contributed by atoms with E-state index in [0.717, 1.165) is 25.1 Å². The Kier molecular flexibility index (Phi) is 9.91. The molecule has 0 aliphatic heterocycles. The van der Waals surface area contributed by atoms with Crippen LogP contribution in [0, 0.1) is 0 Å². The van der Waals surface area contributed by atoms with Gasteiger partial charge in [0.1, 0.15) is 16.9 Å². The smallest absolute Gasteiger partial charge is 0.267 e. The van der Waals surface area contributed by atoms with Gasteiger partial charge in [-0.15, -0.1) is 0 Å². The third-order valence-corrected chi connectivity index (χ3v) is 8.21. The number of sulfonamides is 1. The molecule has 0 spiro atoms. The molecule has 1 aromatic carbocycles. The van der Waals surface area contributed by atoms with Crippen molar-refractivity contribution in [3.8, 4) is 17.0 Å². The minimum absolute atomic E-state index is 0.0489. The predicted molar refractivity (Wildman–Crippen MR) is 156 cm³/mol. The Morgan fingerprint density at radius 3 is 2.69 bits per heavy atom. The summed E-state index contributed by atoms with van der Waals surface area (Å²) >= 11 is 0. The van der Waals surface area contributed by atoms with Gasteiger partial charge in [-0.3, -0.25) is 14.1 Å². The molecule has 1 unspecified atom stereocenters. The second-order valence-corrected chi connectivity index (χ2v) is 11.5. The number of hydrogen-bond acceptors (Lipinski definition) is 9. The molecule has 0 radical (unpaired) electrons. The van der Waals surface area contributed by atoms with Crippen LogP contribution in [-0.4, -0.2) is 72.5 Å². The highest BCUT2D eigenvalue weighted by Crippen LogP contribution is 2.30. The summed E-state index contributed by atoms with van der Waals surface area (Å²) in [5.74, 6) is -0.845. The Bertz CT molecular complexity index is 1670. The van der Waals surface area contributed by atoms with Gasteiger partial charge in [0.2, 0.25) is 11.8 Å². The number of nitrogen functional groups attached to an aromatic ring is 1. The summed E-state index contributed by atoms with van der Waals surface area (Å²) in [6.07, 6.45) is 2.54. The van der Waals surface area contributed by atoms with Crippen molar-refractivity contribution in [1.82, 2.24) is 24.2 Å². The highest BCUT2D eigenvalue weighted by Gasteiger charge is 2.27. The molecule has 2 aromatic heterocycles. The van der Waals surface area contributed by atoms with Crippen molar-refractivity contribution in [3.63, 3.8) is 0 Å². The van der Waals surface area contributed by atoms with Crippen LogP contribution in [0.1, 0.15) is 26.2 Å². The lowest BCUT2D eigenvalue weighted by atomic mass is 10.1. The summed E-state index contributed by atoms with van der Waals surface area (Å²) in [6, 6.07) is 6.14. The average Bonchev–Trinajstić information content (AvgIpc) is 2.96. The quantitative estimate of drug-likeness (QED) is 0.267. The second-order valence-electron chi connectivity index (χ2n) is 9.82. The average molecular weight is 605 g/mol. The molecule has 226 valence electrons. The third kappa shape index (κ3) is 6.94. The molecule has 0 bridgehead atoms. The fourth-order valence-corrected chi connectivity index (χ4v) is 6.02. The molecule has 0 saturated carbocycles. The minimum atomic E-state index is -4.38. The number of anilines is 1. The highest BCUT2D eigenvalue weighted by atomic mass is 32.2. The number of allylic oxidation sites excluding steroid dienone is 4. The van der Waals surface area contributed by atoms with Crippen molar-refractivity contribution in [2.24, 2.45) is 0 Å². The summed E-state index contributed by atoms with van der Waals surface area (Å²) in [7, 11) is -3.14. The van der Waals surface area contributed by atoms with Crippen LogP contribution < -0.4 is 20.8 Å². The highest BCUT2D eigenvalue weighted by molar-refractivity contribution is 7.89. The van der Waals surface area contributed by atoms with Crippen molar-refractivity contribution in [1.29, 1.82) is 0 Å². The number of nitrogens with two attached hydrogens (primary N) is 1. The van der Waals surface area contributed by atoms with Crippen LogP contribution >= 0.6 is 0 Å². The number of aliphatic hydroxyl groups excluding tert-OH is 1. The topological polar surface area (TPSA) is 153 Å². The van der Waals surface area contributed by atoms with E-state index in [1.165, 1.54) is 23.9 Å². The van der Waals surface area contributed by atoms with Crippen molar-refractivity contribution in [2.75, 3.05) is 39.1 Å². The zero-order valence-corrected chi connectivity index (χ0v) is 24.2. The molecule has 0 fully saturated rings. The lowest BCUT2D eigenvalue weighted by Gasteiger charge is -2.20. The van der Waals surface area contributed by atoms with E-state index < -0.39 is 28.4 Å². The van der Waals surface area contributed by atoms with E-state index in [4.69, 9.17) is 10.5 Å². The van der Waals surface area contributed by atoms with E-state index in [9.17, 15) is 27.1 Å². The number of nitrogens with zero attached hydrogens (tertiary/aromatic N) is 4. The normalized spacial score (nSPS) is 15.5. The molecule has 3 aromatic rings. The molecule has 1 aliphatic rings. The summed E-state index contributed by atoms with van der Waals surface area (Å²) in [6.45, 7) is 4.47. The summed E-state index contributed by atoms with van der Waals surface area (Å²) < 4.78 is 62.9. The van der Waals surface area contributed by atoms with E-state index in [0.29, 0.717) is 42.7 Å². The van der Waals surface area contributed by atoms with Gasteiger partial charge < -0.3 is 20.5 Å². The van der Waals surface area contributed by atoms with E-state index in [1.54, 1.807) is 18.2 Å². The minimum Gasteiger partial charge on any atom is -0.480 e. The van der Waals surface area contributed by atoms with Crippen molar-refractivity contribution < 1.29 is 27.0 Å². The van der Waals surface area contributed by atoms with Crippen molar-refractivity contribution >= 4 is 26.9 Å². The maximum atomic E-state index is 14.3. The largest absolute Gasteiger partial charge is 0.480 e. The van der Waals surface area contributed by atoms with Crippen molar-refractivity contribution in [2.45, 2.75) is 43.8 Å². The molecular weight excluding hydrogens is 570 g/mol. The third-order valence-electron chi connectivity index (χ3n) is 6.84. The summed E-state index contributed by atoms with van der Waals surface area (Å²) in [5.41, 5.74) is 6.65. The van der Waals surface area contributed by atoms with E-state index in [1.807, 2.05) is 0 Å². The number of aromatic nitrogens is 3. The Morgan fingerprint density at radius 1 is 1.21 bits per heavy atom. The summed E-state index contributed by atoms with van der Waals surface area (Å²) in [4.78, 5) is 23.7. The second kappa shape index (κ2) is 13.4. The number of pyridine rings is 1. The zero-order valence-electron chi connectivity index (χ0n) is 23.4. The first-order chi connectivity index (χ1) is 20.1. The SMILES string of the molecule is CCCN(CCO)CCCn1c(N)nc2ccc(-c3cnc(OC)c(S(=O)(=O)NC4=CC=C(F)CC4F)c3)cc2c1=O. The van der Waals surface area contributed by atoms with Gasteiger partial charge in [0.15, 0.2) is 0 Å². The molecule has 1 aliphatic carbocycles. The maximum Gasteiger partial charge on any atom is 0.267 e. The van der Waals surface area contributed by atoms with Crippen molar-refractivity contribution in [3.05, 3.63) is 64.5 Å². The predicted octanol–water partition coefficient (Wildman–Crippen LogP) is 2.90. The molecule has 2 heterocycles. The fraction of sp³-hybridized carbons (Fsp3) is 0.393. The van der Waals surface area contributed by atoms with E-state index in [-0.39, 0.29) is 40.0 Å². The van der Waals surface area contributed by atoms with Gasteiger partial charge in [0, 0.05) is 31.3 Å². The fourth-order valence-electron chi connectivity index (χ4n) is 4.76. The first-order valence-corrected chi connectivity index (χ1v) is 15.0. The number of fused-ring (bicyclic) bond motifs is 1. The van der Waals surface area contributed by atoms with Crippen LogP contribution in [0.3, 0.4) is 0 Å². The first-order valence-electron chi connectivity index (χ1n) is 13.5. The molecule has 42 heavy (non-hydrogen) atoms. The zero-order chi connectivity index (χ0) is 30.4. The Balaban J connectivity index is 1.66. The van der Waals surface area contributed by atoms with Gasteiger partial charge in [-0.05, 0) is 61.8 Å². The number of methoxy groups -OCH3 is 1. The Hall–Kier alpha value is -3.88. The van der Waals surface area contributed by atoms with Gasteiger partial charge in [-0.1, -0.05) is 13.0 Å². The molecule has 1 atom stereocenters. The van der Waals surface area contributed by atoms with Crippen LogP contribution in [0.25, 0.3) is 22.0 Å². The van der Waals surface area contributed by atoms with Gasteiger partial charge in [-0.25, -0.2) is 27.2 Å². The standard InChI is InChI=1S/C28H34F2N6O5S/c1-3-9-35(12-13-37)10-4-11-36-27(38)21-14-18(5-7-23(21)33-28(36)31)19-15-25(26(41-2)32-17-19)42(39,40)34-24-8-6-20(29)16-22(24)30/h5-8,14-15,17,22,34,37H,3-4,9-13,16H2,1-2H3,(H2,31,33). The number of rotatable bonds is 13. The number of halogens is 2. The lowest BCUT2D eigenvalue weighted by Crippen LogP contribution is -2.31. The van der Waals surface area contributed by atoms with Crippen LogP contribution in [0.15, 0.2) is 63.8 Å². The van der Waals surface area contributed by atoms with Gasteiger partial charge in [0.25, 0.3) is 15.6 Å². The maximum absolute atomic E-state index is 14.3. The monoisotopic (exact) mass is 604 g/mol. The molecule has 0 amide bonds. The van der Waals surface area contributed by atoms with Crippen LogP contribution in [0.2, 0.25) is 0 Å². The number of nitrogens with one attached hydrogen (secondary N) is 1. The van der Waals surface area contributed by atoms with E-state index >= 15 is 0 Å². The molecule has 4 rings (SSSR count). The lowest BCUT2D eigenvalue weighted by molar-refractivity contribution is 0.192.